The highest BCUT2D eigenvalue weighted by atomic mass is 32.3. The van der Waals surface area contributed by atoms with Gasteiger partial charge in [-0.05, 0) is 18.8 Å². The summed E-state index contributed by atoms with van der Waals surface area (Å²) in [5.41, 5.74) is 0.0398. The van der Waals surface area contributed by atoms with E-state index >= 15 is 0 Å². The minimum atomic E-state index is -4.82. The van der Waals surface area contributed by atoms with Crippen molar-refractivity contribution in [3.05, 3.63) is 11.6 Å². The largest absolute Gasteiger partial charge is 0.469 e. The van der Waals surface area contributed by atoms with Gasteiger partial charge in [0.25, 0.3) is 0 Å². The van der Waals surface area contributed by atoms with E-state index in [1.807, 2.05) is 0 Å². The molecule has 0 saturated heterocycles. The van der Waals surface area contributed by atoms with Crippen LogP contribution in [0.2, 0.25) is 0 Å². The number of esters is 2. The lowest BCUT2D eigenvalue weighted by atomic mass is 9.93. The molecule has 1 heterocycles. The van der Waals surface area contributed by atoms with E-state index in [1.54, 1.807) is 0 Å². The van der Waals surface area contributed by atoms with E-state index in [4.69, 9.17) is 14.0 Å². The number of nitrogens with one attached hydrogen (secondary N) is 1. The molecule has 1 aliphatic rings. The predicted octanol–water partition coefficient (Wildman–Crippen LogP) is 0.0789. The van der Waals surface area contributed by atoms with Crippen molar-refractivity contribution in [1.82, 2.24) is 5.32 Å². The molecule has 0 aromatic heterocycles. The van der Waals surface area contributed by atoms with Crippen LogP contribution in [0.5, 0.6) is 0 Å². The normalized spacial score (nSPS) is 21.7. The first-order chi connectivity index (χ1) is 13.0. The molecule has 0 aliphatic carbocycles. The number of rotatable bonds is 9. The van der Waals surface area contributed by atoms with Crippen LogP contribution < -0.4 is 5.32 Å². The Morgan fingerprint density at radius 1 is 1.32 bits per heavy atom. The molecule has 13 heteroatoms. The van der Waals surface area contributed by atoms with Gasteiger partial charge in [0.05, 0.1) is 31.6 Å². The molecule has 11 nitrogen and oxygen atoms in total. The lowest BCUT2D eigenvalue weighted by molar-refractivity contribution is -0.149. The van der Waals surface area contributed by atoms with Gasteiger partial charge < -0.3 is 14.8 Å². The average molecular weight is 438 g/mol. The molecule has 4 atom stereocenters. The monoisotopic (exact) mass is 438 g/mol. The second kappa shape index (κ2) is 10.5. The van der Waals surface area contributed by atoms with Gasteiger partial charge in [-0.25, -0.2) is 8.98 Å². The first-order valence-corrected chi connectivity index (χ1v) is 10.3. The zero-order valence-electron chi connectivity index (χ0n) is 15.6. The molecule has 2 N–H and O–H groups in total. The van der Waals surface area contributed by atoms with Crippen molar-refractivity contribution in [2.45, 2.75) is 37.7 Å². The Morgan fingerprint density at radius 3 is 2.46 bits per heavy atom. The summed E-state index contributed by atoms with van der Waals surface area (Å²) in [5, 5.41) is 3.47. The molecule has 158 valence electrons. The highest BCUT2D eigenvalue weighted by molar-refractivity contribution is 8.03. The number of carbonyl (C=O) groups excluding carboxylic acids is 3. The second-order valence-corrected chi connectivity index (χ2v) is 7.88. The van der Waals surface area contributed by atoms with E-state index < -0.39 is 45.7 Å². The standard InChI is InChI=1S/C15H22N2O9S2/c1-8(26-28(21,22)23)12(14(19)24-3)10-7-11(13(17-10)15(20)25-4)27-6-5-16-9(2)18/h5-6,8,10-12H,7H2,1-4H3,(H,16,18)(H,21,22,23)/b6-5+/t8-,10?,11?,12-/m0/s1. The van der Waals surface area contributed by atoms with Crippen molar-refractivity contribution in [2.75, 3.05) is 14.2 Å². The molecule has 1 rings (SSSR count). The molecule has 1 aliphatic heterocycles. The van der Waals surface area contributed by atoms with E-state index in [0.717, 1.165) is 18.9 Å². The Labute approximate surface area is 166 Å². The summed E-state index contributed by atoms with van der Waals surface area (Å²) in [7, 11) is -2.53. The first-order valence-electron chi connectivity index (χ1n) is 7.97. The second-order valence-electron chi connectivity index (χ2n) is 5.71. The van der Waals surface area contributed by atoms with Gasteiger partial charge in [0.1, 0.15) is 11.6 Å². The van der Waals surface area contributed by atoms with Crippen molar-refractivity contribution >= 4 is 45.7 Å². The lowest BCUT2D eigenvalue weighted by Crippen LogP contribution is -2.38. The van der Waals surface area contributed by atoms with Crippen molar-refractivity contribution in [2.24, 2.45) is 10.9 Å². The summed E-state index contributed by atoms with van der Waals surface area (Å²) in [6.07, 6.45) is 0.254. The van der Waals surface area contributed by atoms with Crippen LogP contribution >= 0.6 is 11.8 Å². The summed E-state index contributed by atoms with van der Waals surface area (Å²) in [6, 6.07) is -0.857. The third-order valence-corrected chi connectivity index (χ3v) is 5.31. The van der Waals surface area contributed by atoms with Crippen molar-refractivity contribution in [3.63, 3.8) is 0 Å². The van der Waals surface area contributed by atoms with Gasteiger partial charge in [0.15, 0.2) is 0 Å². The molecule has 0 bridgehead atoms. The van der Waals surface area contributed by atoms with Crippen LogP contribution in [0.3, 0.4) is 0 Å². The Morgan fingerprint density at radius 2 is 1.96 bits per heavy atom. The van der Waals surface area contributed by atoms with E-state index in [2.05, 4.69) is 14.5 Å². The highest BCUT2D eigenvalue weighted by Crippen LogP contribution is 2.33. The predicted molar refractivity (Wildman–Crippen MR) is 99.8 cm³/mol. The maximum Gasteiger partial charge on any atom is 0.397 e. The summed E-state index contributed by atoms with van der Waals surface area (Å²) >= 11 is 1.16. The number of nitrogens with zero attached hydrogens (tertiary/aromatic N) is 1. The van der Waals surface area contributed by atoms with Gasteiger partial charge in [-0.1, -0.05) is 0 Å². The van der Waals surface area contributed by atoms with Gasteiger partial charge in [0.2, 0.25) is 5.91 Å². The zero-order valence-corrected chi connectivity index (χ0v) is 17.3. The van der Waals surface area contributed by atoms with Crippen LogP contribution in [0.1, 0.15) is 20.3 Å². The van der Waals surface area contributed by atoms with Gasteiger partial charge >= 0.3 is 22.3 Å². The molecule has 0 radical (unpaired) electrons. The third-order valence-electron chi connectivity index (χ3n) is 3.72. The van der Waals surface area contributed by atoms with Crippen LogP contribution in [-0.2, 0) is 38.4 Å². The molecule has 28 heavy (non-hydrogen) atoms. The number of methoxy groups -OCH3 is 2. The highest BCUT2D eigenvalue weighted by Gasteiger charge is 2.43. The fourth-order valence-corrected chi connectivity index (χ4v) is 4.05. The van der Waals surface area contributed by atoms with Crippen molar-refractivity contribution in [3.8, 4) is 0 Å². The number of carbonyl (C=O) groups is 3. The number of hydrogen-bond donors (Lipinski definition) is 2. The average Bonchev–Trinajstić information content (AvgIpc) is 2.99. The van der Waals surface area contributed by atoms with E-state index in [0.29, 0.717) is 0 Å². The SMILES string of the molecule is COC(=O)C1=NC([C@@H](C(=O)OC)[C@H](C)OS(=O)(=O)O)CC1S/C=C/NC(C)=O. The quantitative estimate of drug-likeness (QED) is 0.373. The van der Waals surface area contributed by atoms with Crippen LogP contribution in [0.4, 0.5) is 0 Å². The number of hydrogen-bond acceptors (Lipinski definition) is 10. The fraction of sp³-hybridized carbons (Fsp3) is 0.600. The molecule has 0 spiro atoms. The summed E-state index contributed by atoms with van der Waals surface area (Å²) in [6.45, 7) is 2.60. The topological polar surface area (TPSA) is 158 Å². The summed E-state index contributed by atoms with van der Waals surface area (Å²) < 4.78 is 44.8. The van der Waals surface area contributed by atoms with Crippen molar-refractivity contribution < 1.29 is 41.0 Å². The van der Waals surface area contributed by atoms with Gasteiger partial charge in [-0.15, -0.1) is 11.8 Å². The van der Waals surface area contributed by atoms with E-state index in [1.165, 1.54) is 32.6 Å². The van der Waals surface area contributed by atoms with Gasteiger partial charge in [-0.2, -0.15) is 8.42 Å². The Kier molecular flexibility index (Phi) is 9.07. The van der Waals surface area contributed by atoms with Gasteiger partial charge in [-0.3, -0.25) is 19.1 Å². The maximum absolute atomic E-state index is 12.2. The van der Waals surface area contributed by atoms with Crippen LogP contribution in [-0.4, -0.2) is 68.1 Å². The molecule has 2 unspecified atom stereocenters. The Hall–Kier alpha value is -1.96. The summed E-state index contributed by atoms with van der Waals surface area (Å²) in [4.78, 5) is 39.3. The molecule has 0 aromatic rings. The molecular weight excluding hydrogens is 416 g/mol. The van der Waals surface area contributed by atoms with Gasteiger partial charge in [0, 0.05) is 13.1 Å². The Balaban J connectivity index is 3.09. The van der Waals surface area contributed by atoms with E-state index in [9.17, 15) is 22.8 Å². The van der Waals surface area contributed by atoms with Crippen LogP contribution in [0.25, 0.3) is 0 Å². The smallest absolute Gasteiger partial charge is 0.397 e. The van der Waals surface area contributed by atoms with Crippen molar-refractivity contribution in [1.29, 1.82) is 0 Å². The molecular formula is C15H22N2O9S2. The fourth-order valence-electron chi connectivity index (χ4n) is 2.62. The van der Waals surface area contributed by atoms with E-state index in [-0.39, 0.29) is 18.0 Å². The third kappa shape index (κ3) is 7.22. The zero-order chi connectivity index (χ0) is 21.5. The molecule has 0 aromatic carbocycles. The minimum Gasteiger partial charge on any atom is -0.469 e. The van der Waals surface area contributed by atoms with Crippen LogP contribution in [0, 0.1) is 5.92 Å². The number of aliphatic imine (C=N–C) groups is 1. The molecule has 1 amide bonds. The maximum atomic E-state index is 12.2. The minimum absolute atomic E-state index is 0.0398. The number of ether oxygens (including phenoxy) is 2. The lowest BCUT2D eigenvalue weighted by Gasteiger charge is -2.24. The number of amides is 1. The molecule has 0 fully saturated rings. The molecule has 0 saturated carbocycles. The summed E-state index contributed by atoms with van der Waals surface area (Å²) in [5.74, 6) is -2.99. The van der Waals surface area contributed by atoms with Crippen LogP contribution in [0.15, 0.2) is 16.6 Å². The Bertz CT molecular complexity index is 763. The number of thioether (sulfide) groups is 1. The first kappa shape index (κ1) is 24.1.